The minimum Gasteiger partial charge on any atom is -0.394 e. The monoisotopic (exact) mass is 226 g/mol. The maximum absolute atomic E-state index is 7.62. The Bertz CT molecular complexity index is 83.4. The molecule has 0 unspecified atom stereocenters. The fraction of sp³-hybridized carbons (Fsp3) is 0.500. The van der Waals surface area contributed by atoms with E-state index in [2.05, 4.69) is 0 Å². The Morgan fingerprint density at radius 3 is 1.00 bits per heavy atom. The molecule has 0 aromatic heterocycles. The molecule has 0 saturated carbocycles. The minimum atomic E-state index is -0.125. The van der Waals surface area contributed by atoms with Crippen molar-refractivity contribution in [2.24, 2.45) is 0 Å². The summed E-state index contributed by atoms with van der Waals surface area (Å²) in [5.74, 6) is 0. The third-order valence-electron chi connectivity index (χ3n) is 0.243. The highest BCUT2D eigenvalue weighted by Gasteiger charge is 1.88. The maximum Gasteiger partial charge on any atom is 0.136 e. The van der Waals surface area contributed by atoms with E-state index in [1.807, 2.05) is 0 Å². The molecule has 0 bridgehead atoms. The zero-order valence-electron chi connectivity index (χ0n) is 4.82. The maximum atomic E-state index is 7.62. The van der Waals surface area contributed by atoms with Gasteiger partial charge in [-0.2, -0.15) is 0 Å². The van der Waals surface area contributed by atoms with Crippen LogP contribution < -0.4 is 0 Å². The molecular formula is C4H6Cl4O2. The quantitative estimate of drug-likeness (QED) is 0.720. The van der Waals surface area contributed by atoms with Crippen LogP contribution in [-0.2, 0) is 0 Å². The van der Waals surface area contributed by atoms with Crippen molar-refractivity contribution in [3.63, 3.8) is 0 Å². The average Bonchev–Trinajstić information content (AvgIpc) is 1.89. The lowest BCUT2D eigenvalue weighted by molar-refractivity contribution is 0.186. The molecule has 10 heavy (non-hydrogen) atoms. The van der Waals surface area contributed by atoms with E-state index in [1.165, 1.54) is 0 Å². The molecule has 0 aliphatic carbocycles. The molecule has 0 aliphatic heterocycles. The van der Waals surface area contributed by atoms with E-state index >= 15 is 0 Å². The van der Waals surface area contributed by atoms with E-state index in [-0.39, 0.29) is 22.2 Å². The van der Waals surface area contributed by atoms with Gasteiger partial charge in [-0.05, 0) is 0 Å². The van der Waals surface area contributed by atoms with E-state index in [4.69, 9.17) is 56.6 Å². The topological polar surface area (TPSA) is 40.5 Å². The van der Waals surface area contributed by atoms with Crippen molar-refractivity contribution in [2.75, 3.05) is 13.2 Å². The smallest absolute Gasteiger partial charge is 0.136 e. The second kappa shape index (κ2) is 9.82. The van der Waals surface area contributed by atoms with Crippen molar-refractivity contribution in [1.82, 2.24) is 0 Å². The number of hydrogen-bond acceptors (Lipinski definition) is 2. The molecule has 0 spiro atoms. The van der Waals surface area contributed by atoms with Crippen molar-refractivity contribution < 1.29 is 10.2 Å². The molecule has 0 radical (unpaired) electrons. The van der Waals surface area contributed by atoms with E-state index in [0.29, 0.717) is 0 Å². The van der Waals surface area contributed by atoms with Gasteiger partial charge >= 0.3 is 0 Å². The lowest BCUT2D eigenvalue weighted by atomic mass is 10.8. The molecule has 6 heteroatoms. The van der Waals surface area contributed by atoms with Crippen molar-refractivity contribution >= 4 is 46.4 Å². The van der Waals surface area contributed by atoms with Crippen LogP contribution in [0.4, 0.5) is 0 Å². The first-order chi connectivity index (χ1) is 4.56. The van der Waals surface area contributed by atoms with Gasteiger partial charge in [0.1, 0.15) is 8.98 Å². The highest BCUT2D eigenvalue weighted by Crippen LogP contribution is 2.20. The molecular weight excluding hydrogens is 222 g/mol. The van der Waals surface area contributed by atoms with Gasteiger partial charge in [-0.3, -0.25) is 0 Å². The zero-order valence-corrected chi connectivity index (χ0v) is 7.84. The van der Waals surface area contributed by atoms with Gasteiger partial charge in [-0.25, -0.2) is 0 Å². The standard InChI is InChI=1S/C2Cl4.C2H6O2/c3-1(4)2(5)6;3-1-2-4/h;3-4H,1-2H2. The van der Waals surface area contributed by atoms with Crippen LogP contribution in [-0.4, -0.2) is 23.4 Å². The van der Waals surface area contributed by atoms with Gasteiger partial charge in [0.15, 0.2) is 0 Å². The number of aliphatic hydroxyl groups excluding tert-OH is 2. The Hall–Kier alpha value is 0.820. The highest BCUT2D eigenvalue weighted by molar-refractivity contribution is 6.67. The molecule has 0 fully saturated rings. The SMILES string of the molecule is ClC(Cl)=C(Cl)Cl.OCCO. The summed E-state index contributed by atoms with van der Waals surface area (Å²) in [6.07, 6.45) is 0. The van der Waals surface area contributed by atoms with E-state index in [9.17, 15) is 0 Å². The largest absolute Gasteiger partial charge is 0.394 e. The second-order valence-electron chi connectivity index (χ2n) is 0.968. The van der Waals surface area contributed by atoms with Gasteiger partial charge in [0.2, 0.25) is 0 Å². The zero-order chi connectivity index (χ0) is 8.57. The summed E-state index contributed by atoms with van der Waals surface area (Å²) in [6, 6.07) is 0. The molecule has 0 amide bonds. The van der Waals surface area contributed by atoms with Crippen LogP contribution in [0.5, 0.6) is 0 Å². The average molecular weight is 228 g/mol. The summed E-state index contributed by atoms with van der Waals surface area (Å²) in [6.45, 7) is -0.250. The molecule has 0 atom stereocenters. The van der Waals surface area contributed by atoms with Gasteiger partial charge in [0.05, 0.1) is 13.2 Å². The van der Waals surface area contributed by atoms with Crippen LogP contribution in [0.3, 0.4) is 0 Å². The number of rotatable bonds is 1. The predicted molar refractivity (Wildman–Crippen MR) is 44.6 cm³/mol. The van der Waals surface area contributed by atoms with Crippen molar-refractivity contribution in [1.29, 1.82) is 0 Å². The minimum absolute atomic E-state index is 0.0988. The van der Waals surface area contributed by atoms with Gasteiger partial charge in [-0.1, -0.05) is 46.4 Å². The van der Waals surface area contributed by atoms with E-state index < -0.39 is 0 Å². The Balaban J connectivity index is 0. The third kappa shape index (κ3) is 15.9. The van der Waals surface area contributed by atoms with E-state index in [1.54, 1.807) is 0 Å². The molecule has 2 nitrogen and oxygen atoms in total. The van der Waals surface area contributed by atoms with Gasteiger partial charge in [0, 0.05) is 0 Å². The van der Waals surface area contributed by atoms with Crippen molar-refractivity contribution in [3.05, 3.63) is 8.98 Å². The normalized spacial score (nSPS) is 7.80. The summed E-state index contributed by atoms with van der Waals surface area (Å²) in [4.78, 5) is 0. The Labute approximate surface area is 79.0 Å². The number of hydrogen-bond donors (Lipinski definition) is 2. The summed E-state index contributed by atoms with van der Waals surface area (Å²) >= 11 is 20.0. The summed E-state index contributed by atoms with van der Waals surface area (Å²) in [5.41, 5.74) is 0. The Kier molecular flexibility index (Phi) is 13.2. The Morgan fingerprint density at radius 2 is 1.00 bits per heavy atom. The van der Waals surface area contributed by atoms with Crippen LogP contribution >= 0.6 is 46.4 Å². The van der Waals surface area contributed by atoms with Gasteiger partial charge < -0.3 is 10.2 Å². The second-order valence-corrected chi connectivity index (χ2v) is 2.87. The lowest BCUT2D eigenvalue weighted by Crippen LogP contribution is -1.85. The molecule has 0 saturated heterocycles. The first-order valence-corrected chi connectivity index (χ1v) is 3.65. The van der Waals surface area contributed by atoms with Gasteiger partial charge in [-0.15, -0.1) is 0 Å². The fourth-order valence-electron chi connectivity index (χ4n) is 0. The molecule has 0 aromatic rings. The predicted octanol–water partition coefficient (Wildman–Crippen LogP) is 2.04. The number of halogens is 4. The fourth-order valence-corrected chi connectivity index (χ4v) is 0. The Morgan fingerprint density at radius 1 is 0.800 bits per heavy atom. The van der Waals surface area contributed by atoms with Crippen molar-refractivity contribution in [2.45, 2.75) is 0 Å². The highest BCUT2D eigenvalue weighted by atomic mass is 35.5. The first kappa shape index (κ1) is 13.4. The van der Waals surface area contributed by atoms with Crippen LogP contribution in [0.1, 0.15) is 0 Å². The molecule has 0 aromatic carbocycles. The van der Waals surface area contributed by atoms with Gasteiger partial charge in [0.25, 0.3) is 0 Å². The summed E-state index contributed by atoms with van der Waals surface area (Å²) in [5, 5.41) is 15.2. The first-order valence-electron chi connectivity index (χ1n) is 2.14. The number of aliphatic hydroxyl groups is 2. The molecule has 2 N–H and O–H groups in total. The molecule has 0 rings (SSSR count). The van der Waals surface area contributed by atoms with Crippen LogP contribution in [0.2, 0.25) is 0 Å². The van der Waals surface area contributed by atoms with Crippen molar-refractivity contribution in [3.8, 4) is 0 Å². The summed E-state index contributed by atoms with van der Waals surface area (Å²) in [7, 11) is 0. The summed E-state index contributed by atoms with van der Waals surface area (Å²) < 4.78 is -0.198. The van der Waals surface area contributed by atoms with Crippen LogP contribution in [0, 0.1) is 0 Å². The lowest BCUT2D eigenvalue weighted by Gasteiger charge is -1.75. The van der Waals surface area contributed by atoms with E-state index in [0.717, 1.165) is 0 Å². The molecule has 0 aliphatic rings. The van der Waals surface area contributed by atoms with Crippen LogP contribution in [0.15, 0.2) is 8.98 Å². The molecule has 62 valence electrons. The third-order valence-corrected chi connectivity index (χ3v) is 1.39. The van der Waals surface area contributed by atoms with Crippen LogP contribution in [0.25, 0.3) is 0 Å². The molecule has 0 heterocycles.